The van der Waals surface area contributed by atoms with Crippen LogP contribution in [-0.4, -0.2) is 24.2 Å². The van der Waals surface area contributed by atoms with Crippen molar-refractivity contribution in [1.29, 1.82) is 0 Å². The number of nitrogens with zero attached hydrogens (tertiary/aromatic N) is 1. The Balaban J connectivity index is 2.39. The minimum absolute atomic E-state index is 0.0379. The lowest BCUT2D eigenvalue weighted by molar-refractivity contribution is 0.0698. The van der Waals surface area contributed by atoms with E-state index in [4.69, 9.17) is 10.8 Å². The van der Waals surface area contributed by atoms with Crippen molar-refractivity contribution in [3.05, 3.63) is 23.5 Å². The van der Waals surface area contributed by atoms with Crippen LogP contribution >= 0.6 is 0 Å². The van der Waals surface area contributed by atoms with Gasteiger partial charge in [0.25, 0.3) is 0 Å². The van der Waals surface area contributed by atoms with Gasteiger partial charge in [0.1, 0.15) is 5.82 Å². The Morgan fingerprint density at radius 2 is 1.94 bits per heavy atom. The summed E-state index contributed by atoms with van der Waals surface area (Å²) in [6, 6.07) is 2.42. The Morgan fingerprint density at radius 1 is 1.39 bits per heavy atom. The van der Waals surface area contributed by atoms with Crippen molar-refractivity contribution in [1.82, 2.24) is 0 Å². The lowest BCUT2D eigenvalue weighted by atomic mass is 10.0. The molecule has 0 amide bonds. The maximum absolute atomic E-state index is 13.9. The topological polar surface area (TPSA) is 66.6 Å². The largest absolute Gasteiger partial charge is 0.478 e. The fourth-order valence-corrected chi connectivity index (χ4v) is 2.33. The van der Waals surface area contributed by atoms with Gasteiger partial charge < -0.3 is 15.7 Å². The van der Waals surface area contributed by atoms with E-state index in [1.165, 1.54) is 6.07 Å². The van der Waals surface area contributed by atoms with Gasteiger partial charge in [0.2, 0.25) is 0 Å². The monoisotopic (exact) mass is 252 g/mol. The minimum atomic E-state index is -1.13. The summed E-state index contributed by atoms with van der Waals surface area (Å²) >= 11 is 0. The molecule has 1 fully saturated rings. The van der Waals surface area contributed by atoms with Gasteiger partial charge in [0.05, 0.1) is 11.3 Å². The zero-order valence-corrected chi connectivity index (χ0v) is 10.5. The highest BCUT2D eigenvalue weighted by molar-refractivity contribution is 5.95. The molecule has 98 valence electrons. The second-order valence-electron chi connectivity index (χ2n) is 5.06. The number of benzene rings is 1. The number of hydrogen-bond donors (Lipinski definition) is 2. The van der Waals surface area contributed by atoms with Crippen LogP contribution in [0.15, 0.2) is 12.1 Å². The molecule has 0 aromatic heterocycles. The average molecular weight is 252 g/mol. The summed E-state index contributed by atoms with van der Waals surface area (Å²) in [5.74, 6) is -0.654. The molecule has 1 saturated heterocycles. The van der Waals surface area contributed by atoms with E-state index >= 15 is 0 Å². The van der Waals surface area contributed by atoms with E-state index in [0.29, 0.717) is 17.5 Å². The summed E-state index contributed by atoms with van der Waals surface area (Å²) in [5, 5.41) is 9.01. The Hall–Kier alpha value is -1.78. The van der Waals surface area contributed by atoms with E-state index in [1.807, 2.05) is 4.90 Å². The first-order valence-corrected chi connectivity index (χ1v) is 5.97. The van der Waals surface area contributed by atoms with E-state index in [-0.39, 0.29) is 11.3 Å². The Bertz CT molecular complexity index is 480. The SMILES string of the molecule is CC1CN(c2cc(C(=O)O)c(N)cc2F)CC1C. The molecule has 1 aliphatic heterocycles. The normalized spacial score (nSPS) is 23.4. The first-order valence-electron chi connectivity index (χ1n) is 5.97. The number of carboxylic acids is 1. The van der Waals surface area contributed by atoms with Gasteiger partial charge in [-0.05, 0) is 24.0 Å². The van der Waals surface area contributed by atoms with Gasteiger partial charge in [-0.1, -0.05) is 13.8 Å². The van der Waals surface area contributed by atoms with Crippen LogP contribution in [0.4, 0.5) is 15.8 Å². The van der Waals surface area contributed by atoms with E-state index in [1.54, 1.807) is 0 Å². The zero-order chi connectivity index (χ0) is 13.4. The first kappa shape index (κ1) is 12.7. The summed E-state index contributed by atoms with van der Waals surface area (Å²) in [7, 11) is 0. The molecule has 1 aromatic rings. The molecule has 3 N–H and O–H groups in total. The highest BCUT2D eigenvalue weighted by Crippen LogP contribution is 2.32. The van der Waals surface area contributed by atoms with Gasteiger partial charge in [-0.3, -0.25) is 0 Å². The maximum atomic E-state index is 13.9. The summed E-state index contributed by atoms with van der Waals surface area (Å²) in [6.45, 7) is 5.69. The van der Waals surface area contributed by atoms with Crippen molar-refractivity contribution in [3.63, 3.8) is 0 Å². The average Bonchev–Trinajstić information content (AvgIpc) is 2.58. The number of rotatable bonds is 2. The van der Waals surface area contributed by atoms with E-state index in [9.17, 15) is 9.18 Å². The number of carboxylic acid groups (broad SMARTS) is 1. The predicted molar refractivity (Wildman–Crippen MR) is 68.3 cm³/mol. The molecule has 0 saturated carbocycles. The lowest BCUT2D eigenvalue weighted by Crippen LogP contribution is -2.21. The van der Waals surface area contributed by atoms with Gasteiger partial charge in [-0.2, -0.15) is 0 Å². The van der Waals surface area contributed by atoms with Crippen LogP contribution in [0.5, 0.6) is 0 Å². The van der Waals surface area contributed by atoms with Gasteiger partial charge >= 0.3 is 5.97 Å². The van der Waals surface area contributed by atoms with Crippen molar-refractivity contribution >= 4 is 17.3 Å². The number of aromatic carboxylic acids is 1. The molecule has 1 heterocycles. The highest BCUT2D eigenvalue weighted by atomic mass is 19.1. The molecule has 0 bridgehead atoms. The third-order valence-electron chi connectivity index (χ3n) is 3.68. The molecule has 0 radical (unpaired) electrons. The maximum Gasteiger partial charge on any atom is 0.337 e. The predicted octanol–water partition coefficient (Wildman–Crippen LogP) is 2.20. The molecule has 2 atom stereocenters. The minimum Gasteiger partial charge on any atom is -0.478 e. The quantitative estimate of drug-likeness (QED) is 0.792. The Morgan fingerprint density at radius 3 is 2.44 bits per heavy atom. The fraction of sp³-hybridized carbons (Fsp3) is 0.462. The molecule has 2 unspecified atom stereocenters. The zero-order valence-electron chi connectivity index (χ0n) is 10.5. The van der Waals surface area contributed by atoms with Crippen LogP contribution in [0.2, 0.25) is 0 Å². The molecule has 5 heteroatoms. The molecule has 4 nitrogen and oxygen atoms in total. The first-order chi connectivity index (χ1) is 8.40. The van der Waals surface area contributed by atoms with Gasteiger partial charge in [-0.15, -0.1) is 0 Å². The molecule has 18 heavy (non-hydrogen) atoms. The number of hydrogen-bond acceptors (Lipinski definition) is 3. The van der Waals surface area contributed by atoms with E-state index in [2.05, 4.69) is 13.8 Å². The molecule has 2 rings (SSSR count). The summed E-state index contributed by atoms with van der Waals surface area (Å²) in [4.78, 5) is 12.9. The molecule has 1 aliphatic rings. The highest BCUT2D eigenvalue weighted by Gasteiger charge is 2.28. The molecule has 0 spiro atoms. The number of anilines is 2. The van der Waals surface area contributed by atoms with Crippen LogP contribution in [0.1, 0.15) is 24.2 Å². The van der Waals surface area contributed by atoms with Gasteiger partial charge in [0.15, 0.2) is 0 Å². The summed E-state index contributed by atoms with van der Waals surface area (Å²) in [6.07, 6.45) is 0. The Kier molecular flexibility index (Phi) is 3.15. The summed E-state index contributed by atoms with van der Waals surface area (Å²) < 4.78 is 13.9. The fourth-order valence-electron chi connectivity index (χ4n) is 2.33. The second kappa shape index (κ2) is 4.48. The molecule has 1 aromatic carbocycles. The number of carbonyl (C=O) groups is 1. The van der Waals surface area contributed by atoms with Gasteiger partial charge in [0, 0.05) is 18.8 Å². The van der Waals surface area contributed by atoms with Crippen molar-refractivity contribution in [3.8, 4) is 0 Å². The van der Waals surface area contributed by atoms with E-state index in [0.717, 1.165) is 19.2 Å². The number of halogens is 1. The third-order valence-corrected chi connectivity index (χ3v) is 3.68. The van der Waals surface area contributed by atoms with Crippen molar-refractivity contribution < 1.29 is 14.3 Å². The van der Waals surface area contributed by atoms with Crippen LogP contribution in [-0.2, 0) is 0 Å². The van der Waals surface area contributed by atoms with Gasteiger partial charge in [-0.25, -0.2) is 9.18 Å². The van der Waals surface area contributed by atoms with Crippen LogP contribution in [0, 0.1) is 17.7 Å². The molecule has 0 aliphatic carbocycles. The summed E-state index contributed by atoms with van der Waals surface area (Å²) in [5.41, 5.74) is 5.76. The van der Waals surface area contributed by atoms with Crippen LogP contribution in [0.3, 0.4) is 0 Å². The van der Waals surface area contributed by atoms with Crippen LogP contribution < -0.4 is 10.6 Å². The van der Waals surface area contributed by atoms with Crippen LogP contribution in [0.25, 0.3) is 0 Å². The number of nitrogen functional groups attached to an aromatic ring is 1. The second-order valence-corrected chi connectivity index (χ2v) is 5.06. The number of nitrogens with two attached hydrogens (primary N) is 1. The van der Waals surface area contributed by atoms with Crippen molar-refractivity contribution in [2.24, 2.45) is 11.8 Å². The standard InChI is InChI=1S/C13H17FN2O2/c1-7-5-16(6-8(7)2)12-3-9(13(17)18)11(15)4-10(12)14/h3-4,7-8H,5-6,15H2,1-2H3,(H,17,18). The molecular formula is C13H17FN2O2. The van der Waals surface area contributed by atoms with Crippen molar-refractivity contribution in [2.45, 2.75) is 13.8 Å². The Labute approximate surface area is 105 Å². The van der Waals surface area contributed by atoms with Crippen molar-refractivity contribution in [2.75, 3.05) is 23.7 Å². The van der Waals surface area contributed by atoms with E-state index < -0.39 is 11.8 Å². The third kappa shape index (κ3) is 2.12. The molecular weight excluding hydrogens is 235 g/mol. The smallest absolute Gasteiger partial charge is 0.337 e. The lowest BCUT2D eigenvalue weighted by Gasteiger charge is -2.20.